The van der Waals surface area contributed by atoms with Gasteiger partial charge in [-0.05, 0) is 42.7 Å². The largest absolute Gasteiger partial charge is 0.260 e. The topological polar surface area (TPSA) is 12.4 Å². The average Bonchev–Trinajstić information content (AvgIpc) is 2.35. The number of hydrogen-bond acceptors (Lipinski definition) is 1. The monoisotopic (exact) mass is 257 g/mol. The zero-order valence-electron chi connectivity index (χ0n) is 10.7. The molecule has 0 radical (unpaired) electrons. The van der Waals surface area contributed by atoms with Crippen LogP contribution in [0.3, 0.4) is 0 Å². The standard InChI is InChI=1S/C16H16ClN/c1-12-4-3-5-13(2)16(12)18-11-10-14-6-8-15(17)9-7-14/h3-9,11H,10H2,1-2H3. The van der Waals surface area contributed by atoms with Gasteiger partial charge >= 0.3 is 0 Å². The lowest BCUT2D eigenvalue weighted by atomic mass is 10.1. The second-order valence-corrected chi connectivity index (χ2v) is 4.82. The van der Waals surface area contributed by atoms with Crippen molar-refractivity contribution in [1.82, 2.24) is 0 Å². The molecule has 0 atom stereocenters. The molecular weight excluding hydrogens is 242 g/mol. The van der Waals surface area contributed by atoms with Gasteiger partial charge < -0.3 is 0 Å². The highest BCUT2D eigenvalue weighted by atomic mass is 35.5. The smallest absolute Gasteiger partial charge is 0.0684 e. The normalized spacial score (nSPS) is 11.1. The summed E-state index contributed by atoms with van der Waals surface area (Å²) in [5.41, 5.74) is 4.71. The van der Waals surface area contributed by atoms with E-state index >= 15 is 0 Å². The summed E-state index contributed by atoms with van der Waals surface area (Å²) in [6, 6.07) is 14.1. The second-order valence-electron chi connectivity index (χ2n) is 4.38. The van der Waals surface area contributed by atoms with Gasteiger partial charge in [0.05, 0.1) is 5.69 Å². The van der Waals surface area contributed by atoms with Crippen LogP contribution in [0, 0.1) is 13.8 Å². The third kappa shape index (κ3) is 3.21. The van der Waals surface area contributed by atoms with E-state index in [0.29, 0.717) is 0 Å². The fraction of sp³-hybridized carbons (Fsp3) is 0.188. The van der Waals surface area contributed by atoms with Gasteiger partial charge in [-0.1, -0.05) is 41.9 Å². The van der Waals surface area contributed by atoms with E-state index in [1.54, 1.807) is 0 Å². The van der Waals surface area contributed by atoms with Crippen LogP contribution in [0.25, 0.3) is 0 Å². The third-order valence-electron chi connectivity index (χ3n) is 2.90. The van der Waals surface area contributed by atoms with Gasteiger partial charge in [0.25, 0.3) is 0 Å². The maximum absolute atomic E-state index is 5.85. The van der Waals surface area contributed by atoms with Crippen LogP contribution < -0.4 is 0 Å². The van der Waals surface area contributed by atoms with Crippen LogP contribution in [0.1, 0.15) is 16.7 Å². The van der Waals surface area contributed by atoms with E-state index in [1.165, 1.54) is 16.7 Å². The summed E-state index contributed by atoms with van der Waals surface area (Å²) < 4.78 is 0. The molecule has 0 spiro atoms. The van der Waals surface area contributed by atoms with Gasteiger partial charge in [0.15, 0.2) is 0 Å². The molecule has 92 valence electrons. The molecule has 0 aliphatic rings. The van der Waals surface area contributed by atoms with Crippen molar-refractivity contribution >= 4 is 23.5 Å². The summed E-state index contributed by atoms with van der Waals surface area (Å²) in [6.45, 7) is 4.17. The molecule has 0 unspecified atom stereocenters. The zero-order valence-corrected chi connectivity index (χ0v) is 11.4. The van der Waals surface area contributed by atoms with Gasteiger partial charge in [0.2, 0.25) is 0 Å². The van der Waals surface area contributed by atoms with Crippen LogP contribution in [0.5, 0.6) is 0 Å². The Labute approximate surface area is 113 Å². The Morgan fingerprint density at radius 2 is 1.61 bits per heavy atom. The number of benzene rings is 2. The molecule has 0 saturated heterocycles. The molecular formula is C16H16ClN. The molecule has 0 amide bonds. The highest BCUT2D eigenvalue weighted by Gasteiger charge is 1.98. The quantitative estimate of drug-likeness (QED) is 0.694. The van der Waals surface area contributed by atoms with E-state index in [0.717, 1.165) is 17.1 Å². The third-order valence-corrected chi connectivity index (χ3v) is 3.15. The summed E-state index contributed by atoms with van der Waals surface area (Å²) in [5, 5.41) is 0.769. The lowest BCUT2D eigenvalue weighted by Gasteiger charge is -2.03. The molecule has 2 aromatic rings. The molecule has 0 N–H and O–H groups in total. The van der Waals surface area contributed by atoms with Gasteiger partial charge in [-0.25, -0.2) is 0 Å². The molecule has 0 bridgehead atoms. The highest BCUT2D eigenvalue weighted by Crippen LogP contribution is 2.22. The van der Waals surface area contributed by atoms with E-state index in [1.807, 2.05) is 30.5 Å². The van der Waals surface area contributed by atoms with Crippen LogP contribution in [0.2, 0.25) is 5.02 Å². The van der Waals surface area contributed by atoms with Crippen LogP contribution >= 0.6 is 11.6 Å². The number of aryl methyl sites for hydroxylation is 2. The number of nitrogens with zero attached hydrogens (tertiary/aromatic N) is 1. The van der Waals surface area contributed by atoms with Gasteiger partial charge in [0.1, 0.15) is 0 Å². The van der Waals surface area contributed by atoms with Crippen molar-refractivity contribution in [3.63, 3.8) is 0 Å². The fourth-order valence-corrected chi connectivity index (χ4v) is 2.00. The summed E-state index contributed by atoms with van der Waals surface area (Å²) >= 11 is 5.85. The van der Waals surface area contributed by atoms with E-state index < -0.39 is 0 Å². The van der Waals surface area contributed by atoms with Gasteiger partial charge in [-0.2, -0.15) is 0 Å². The average molecular weight is 258 g/mol. The summed E-state index contributed by atoms with van der Waals surface area (Å²) in [5.74, 6) is 0. The predicted molar refractivity (Wildman–Crippen MR) is 79.2 cm³/mol. The minimum absolute atomic E-state index is 0.769. The first kappa shape index (κ1) is 12.8. The summed E-state index contributed by atoms with van der Waals surface area (Å²) in [7, 11) is 0. The van der Waals surface area contributed by atoms with Crippen LogP contribution in [-0.2, 0) is 6.42 Å². The van der Waals surface area contributed by atoms with E-state index in [4.69, 9.17) is 11.6 Å². The number of aliphatic imine (C=N–C) groups is 1. The van der Waals surface area contributed by atoms with Gasteiger partial charge in [0, 0.05) is 17.7 Å². The Kier molecular flexibility index (Phi) is 4.16. The van der Waals surface area contributed by atoms with Crippen LogP contribution in [0.15, 0.2) is 47.5 Å². The molecule has 2 aromatic carbocycles. The first-order chi connectivity index (χ1) is 8.66. The van der Waals surface area contributed by atoms with Crippen LogP contribution in [-0.4, -0.2) is 6.21 Å². The number of halogens is 1. The Bertz CT molecular complexity index is 536. The van der Waals surface area contributed by atoms with E-state index in [2.05, 4.69) is 37.0 Å². The Hall–Kier alpha value is -1.60. The van der Waals surface area contributed by atoms with Crippen molar-refractivity contribution in [2.24, 2.45) is 4.99 Å². The molecule has 2 rings (SSSR count). The minimum Gasteiger partial charge on any atom is -0.260 e. The Morgan fingerprint density at radius 1 is 1.00 bits per heavy atom. The zero-order chi connectivity index (χ0) is 13.0. The molecule has 1 nitrogen and oxygen atoms in total. The molecule has 0 saturated carbocycles. The number of rotatable bonds is 3. The lowest BCUT2D eigenvalue weighted by Crippen LogP contribution is -1.86. The second kappa shape index (κ2) is 5.83. The molecule has 0 aliphatic carbocycles. The van der Waals surface area contributed by atoms with Crippen molar-refractivity contribution in [3.05, 3.63) is 64.2 Å². The van der Waals surface area contributed by atoms with E-state index in [-0.39, 0.29) is 0 Å². The predicted octanol–water partition coefficient (Wildman–Crippen LogP) is 4.90. The molecule has 0 aliphatic heterocycles. The maximum atomic E-state index is 5.85. The Morgan fingerprint density at radius 3 is 2.22 bits per heavy atom. The Balaban J connectivity index is 2.10. The van der Waals surface area contributed by atoms with E-state index in [9.17, 15) is 0 Å². The molecule has 0 aromatic heterocycles. The molecule has 2 heteroatoms. The molecule has 0 fully saturated rings. The summed E-state index contributed by atoms with van der Waals surface area (Å²) in [4.78, 5) is 4.57. The molecule has 0 heterocycles. The van der Waals surface area contributed by atoms with Gasteiger partial charge in [-0.15, -0.1) is 0 Å². The lowest BCUT2D eigenvalue weighted by molar-refractivity contribution is 1.30. The number of hydrogen-bond donors (Lipinski definition) is 0. The van der Waals surface area contributed by atoms with Crippen molar-refractivity contribution in [1.29, 1.82) is 0 Å². The number of para-hydroxylation sites is 1. The maximum Gasteiger partial charge on any atom is 0.0684 e. The summed E-state index contributed by atoms with van der Waals surface area (Å²) in [6.07, 6.45) is 2.78. The SMILES string of the molecule is Cc1cccc(C)c1N=CCc1ccc(Cl)cc1. The van der Waals surface area contributed by atoms with Gasteiger partial charge in [-0.3, -0.25) is 4.99 Å². The minimum atomic E-state index is 0.769. The first-order valence-corrected chi connectivity index (χ1v) is 6.38. The van der Waals surface area contributed by atoms with Crippen molar-refractivity contribution in [2.75, 3.05) is 0 Å². The van der Waals surface area contributed by atoms with Crippen molar-refractivity contribution < 1.29 is 0 Å². The first-order valence-electron chi connectivity index (χ1n) is 6.00. The molecule has 18 heavy (non-hydrogen) atoms. The van der Waals surface area contributed by atoms with Crippen molar-refractivity contribution in [3.8, 4) is 0 Å². The highest BCUT2D eigenvalue weighted by molar-refractivity contribution is 6.30. The fourth-order valence-electron chi connectivity index (χ4n) is 1.87. The van der Waals surface area contributed by atoms with Crippen LogP contribution in [0.4, 0.5) is 5.69 Å². The van der Waals surface area contributed by atoms with Crippen molar-refractivity contribution in [2.45, 2.75) is 20.3 Å².